The predicted molar refractivity (Wildman–Crippen MR) is 115 cm³/mol. The zero-order valence-electron chi connectivity index (χ0n) is 17.5. The van der Waals surface area contributed by atoms with Gasteiger partial charge in [0, 0.05) is 23.1 Å². The van der Waals surface area contributed by atoms with Crippen molar-refractivity contribution in [2.45, 2.75) is 19.3 Å². The molecule has 1 aliphatic heterocycles. The van der Waals surface area contributed by atoms with E-state index in [1.54, 1.807) is 44.6 Å². The molecule has 2 aromatic carbocycles. The number of anilines is 1. The third-order valence-corrected chi connectivity index (χ3v) is 5.24. The molecular formula is C23H23N3O5. The van der Waals surface area contributed by atoms with E-state index >= 15 is 0 Å². The number of Topliss-reactive ketones (excluding diaryl/α,β-unsaturated/α-hetero) is 1. The number of benzene rings is 2. The summed E-state index contributed by atoms with van der Waals surface area (Å²) in [7, 11) is 3.12. The van der Waals surface area contributed by atoms with Crippen LogP contribution in [-0.2, 0) is 4.79 Å². The lowest BCUT2D eigenvalue weighted by atomic mass is 9.84. The van der Waals surface area contributed by atoms with Gasteiger partial charge in [-0.2, -0.15) is 5.10 Å². The van der Waals surface area contributed by atoms with Crippen LogP contribution in [0.4, 0.5) is 5.82 Å². The van der Waals surface area contributed by atoms with Crippen molar-refractivity contribution < 1.29 is 23.8 Å². The minimum absolute atomic E-state index is 0.0405. The quantitative estimate of drug-likeness (QED) is 0.563. The Kier molecular flexibility index (Phi) is 5.62. The summed E-state index contributed by atoms with van der Waals surface area (Å²) in [5.41, 5.74) is 2.59. The maximum absolute atomic E-state index is 13.4. The number of carbonyl (C=O) groups is 2. The largest absolute Gasteiger partial charge is 0.494 e. The maximum atomic E-state index is 13.4. The summed E-state index contributed by atoms with van der Waals surface area (Å²) < 4.78 is 16.2. The van der Waals surface area contributed by atoms with E-state index in [0.717, 1.165) is 5.56 Å². The molecule has 1 atom stereocenters. The Morgan fingerprint density at radius 1 is 1.10 bits per heavy atom. The fourth-order valence-electron chi connectivity index (χ4n) is 3.77. The number of ether oxygens (including phenoxy) is 3. The van der Waals surface area contributed by atoms with Gasteiger partial charge in [0.05, 0.1) is 32.4 Å². The van der Waals surface area contributed by atoms with Crippen LogP contribution in [0, 0.1) is 0 Å². The zero-order valence-corrected chi connectivity index (χ0v) is 17.5. The summed E-state index contributed by atoms with van der Waals surface area (Å²) >= 11 is 0. The van der Waals surface area contributed by atoms with Gasteiger partial charge in [-0.05, 0) is 49.4 Å². The first-order valence-corrected chi connectivity index (χ1v) is 9.93. The van der Waals surface area contributed by atoms with E-state index in [1.165, 1.54) is 0 Å². The number of hydrogen-bond acceptors (Lipinski definition) is 6. The second-order valence-corrected chi connectivity index (χ2v) is 7.06. The summed E-state index contributed by atoms with van der Waals surface area (Å²) in [5, 5.41) is 9.97. The van der Waals surface area contributed by atoms with Gasteiger partial charge in [-0.15, -0.1) is 0 Å². The number of nitrogens with one attached hydrogen (secondary N) is 2. The average Bonchev–Trinajstić information content (AvgIpc) is 3.22. The van der Waals surface area contributed by atoms with Crippen LogP contribution in [0.1, 0.15) is 35.2 Å². The Labute approximate surface area is 179 Å². The highest BCUT2D eigenvalue weighted by Gasteiger charge is 2.36. The third kappa shape index (κ3) is 3.84. The van der Waals surface area contributed by atoms with E-state index in [9.17, 15) is 9.59 Å². The lowest BCUT2D eigenvalue weighted by molar-refractivity contribution is -0.116. The van der Waals surface area contributed by atoms with Crippen LogP contribution < -0.4 is 19.5 Å². The van der Waals surface area contributed by atoms with Gasteiger partial charge in [-0.25, -0.2) is 0 Å². The van der Waals surface area contributed by atoms with E-state index in [1.807, 2.05) is 19.1 Å². The van der Waals surface area contributed by atoms with Crippen molar-refractivity contribution in [3.8, 4) is 28.5 Å². The van der Waals surface area contributed by atoms with Crippen molar-refractivity contribution in [3.63, 3.8) is 0 Å². The maximum Gasteiger partial charge on any atom is 0.226 e. The number of rotatable bonds is 7. The fraction of sp³-hybridized carbons (Fsp3) is 0.261. The molecule has 2 N–H and O–H groups in total. The molecule has 1 amide bonds. The van der Waals surface area contributed by atoms with Gasteiger partial charge < -0.3 is 19.5 Å². The second kappa shape index (κ2) is 8.51. The van der Waals surface area contributed by atoms with Crippen LogP contribution >= 0.6 is 0 Å². The van der Waals surface area contributed by atoms with E-state index in [-0.39, 0.29) is 18.1 Å². The molecule has 0 fully saturated rings. The summed E-state index contributed by atoms with van der Waals surface area (Å²) in [5.74, 6) is 1.14. The van der Waals surface area contributed by atoms with Crippen molar-refractivity contribution in [2.75, 3.05) is 26.1 Å². The number of nitrogens with zero attached hydrogens (tertiary/aromatic N) is 1. The van der Waals surface area contributed by atoms with Crippen molar-refractivity contribution in [1.29, 1.82) is 0 Å². The minimum Gasteiger partial charge on any atom is -0.494 e. The van der Waals surface area contributed by atoms with E-state index < -0.39 is 5.92 Å². The van der Waals surface area contributed by atoms with Gasteiger partial charge in [0.2, 0.25) is 5.91 Å². The summed E-state index contributed by atoms with van der Waals surface area (Å²) in [6.07, 6.45) is 0.0405. The van der Waals surface area contributed by atoms with Gasteiger partial charge in [0.1, 0.15) is 5.75 Å². The average molecular weight is 421 g/mol. The van der Waals surface area contributed by atoms with Crippen LogP contribution in [0.2, 0.25) is 0 Å². The highest BCUT2D eigenvalue weighted by Crippen LogP contribution is 2.41. The van der Waals surface area contributed by atoms with Crippen molar-refractivity contribution in [1.82, 2.24) is 10.2 Å². The lowest BCUT2D eigenvalue weighted by Crippen LogP contribution is -2.27. The molecule has 160 valence electrons. The number of aromatic amines is 1. The van der Waals surface area contributed by atoms with Crippen LogP contribution in [-0.4, -0.2) is 42.7 Å². The number of ketones is 1. The van der Waals surface area contributed by atoms with Crippen LogP contribution in [0.15, 0.2) is 42.5 Å². The highest BCUT2D eigenvalue weighted by atomic mass is 16.5. The van der Waals surface area contributed by atoms with E-state index in [0.29, 0.717) is 46.5 Å². The first kappa shape index (κ1) is 20.5. The molecule has 1 aromatic heterocycles. The van der Waals surface area contributed by atoms with Gasteiger partial charge in [-0.1, -0.05) is 0 Å². The Hall–Kier alpha value is -3.81. The number of H-pyrrole nitrogens is 1. The fourth-order valence-corrected chi connectivity index (χ4v) is 3.77. The van der Waals surface area contributed by atoms with E-state index in [4.69, 9.17) is 14.2 Å². The van der Waals surface area contributed by atoms with Crippen molar-refractivity contribution >= 4 is 17.5 Å². The molecule has 8 heteroatoms. The second-order valence-electron chi connectivity index (χ2n) is 7.06. The molecule has 2 heterocycles. The Bertz CT molecular complexity index is 1120. The monoisotopic (exact) mass is 421 g/mol. The SMILES string of the molecule is CCOc1ccc(C(=O)C2CC(=O)Nc3n[nH]c(-c4ccc(OC)c(OC)c4)c32)cc1. The molecule has 0 saturated heterocycles. The van der Waals surface area contributed by atoms with E-state index in [2.05, 4.69) is 15.5 Å². The van der Waals surface area contributed by atoms with Gasteiger partial charge >= 0.3 is 0 Å². The van der Waals surface area contributed by atoms with Crippen molar-refractivity contribution in [2.24, 2.45) is 0 Å². The number of carbonyl (C=O) groups excluding carboxylic acids is 2. The third-order valence-electron chi connectivity index (χ3n) is 5.24. The molecule has 8 nitrogen and oxygen atoms in total. The highest BCUT2D eigenvalue weighted by molar-refractivity contribution is 6.08. The number of fused-ring (bicyclic) bond motifs is 1. The molecule has 3 aromatic rings. The predicted octanol–water partition coefficient (Wildman–Crippen LogP) is 3.80. The van der Waals surface area contributed by atoms with Crippen LogP contribution in [0.25, 0.3) is 11.3 Å². The first-order valence-electron chi connectivity index (χ1n) is 9.93. The molecular weight excluding hydrogens is 398 g/mol. The molecule has 31 heavy (non-hydrogen) atoms. The lowest BCUT2D eigenvalue weighted by Gasteiger charge is -2.22. The van der Waals surface area contributed by atoms with Crippen LogP contribution in [0.5, 0.6) is 17.2 Å². The minimum atomic E-state index is -0.663. The zero-order chi connectivity index (χ0) is 22.0. The molecule has 1 aliphatic rings. The van der Waals surface area contributed by atoms with Gasteiger partial charge in [0.25, 0.3) is 0 Å². The van der Waals surface area contributed by atoms with Gasteiger partial charge in [0.15, 0.2) is 23.1 Å². The Morgan fingerprint density at radius 3 is 2.52 bits per heavy atom. The smallest absolute Gasteiger partial charge is 0.226 e. The number of methoxy groups -OCH3 is 2. The molecule has 0 saturated carbocycles. The molecule has 0 radical (unpaired) electrons. The molecule has 0 spiro atoms. The molecule has 0 bridgehead atoms. The van der Waals surface area contributed by atoms with Crippen LogP contribution in [0.3, 0.4) is 0 Å². The topological polar surface area (TPSA) is 103 Å². The first-order chi connectivity index (χ1) is 15.0. The summed E-state index contributed by atoms with van der Waals surface area (Å²) in [6.45, 7) is 2.44. The standard InChI is InChI=1S/C23H23N3O5/c1-4-31-15-8-5-13(6-9-15)22(28)16-12-19(27)24-23-20(16)21(25-26-23)14-7-10-17(29-2)18(11-14)30-3/h5-11,16H,4,12H2,1-3H3,(H2,24,25,26,27). The summed E-state index contributed by atoms with van der Waals surface area (Å²) in [6, 6.07) is 12.4. The molecule has 1 unspecified atom stereocenters. The Morgan fingerprint density at radius 2 is 1.84 bits per heavy atom. The molecule has 0 aliphatic carbocycles. The van der Waals surface area contributed by atoms with Crippen molar-refractivity contribution in [3.05, 3.63) is 53.6 Å². The number of aromatic nitrogens is 2. The summed E-state index contributed by atoms with van der Waals surface area (Å²) in [4.78, 5) is 25.6. The Balaban J connectivity index is 1.74. The van der Waals surface area contributed by atoms with Gasteiger partial charge in [-0.3, -0.25) is 14.7 Å². The number of amides is 1. The number of hydrogen-bond donors (Lipinski definition) is 2. The normalized spacial score (nSPS) is 15.1. The molecule has 4 rings (SSSR count).